The maximum absolute atomic E-state index is 11.8. The van der Waals surface area contributed by atoms with Crippen LogP contribution in [0.3, 0.4) is 0 Å². The van der Waals surface area contributed by atoms with Crippen LogP contribution >= 0.6 is 24.0 Å². The van der Waals surface area contributed by atoms with Crippen LogP contribution < -0.4 is 10.5 Å². The summed E-state index contributed by atoms with van der Waals surface area (Å²) in [7, 11) is -4.03. The second kappa shape index (κ2) is 6.86. The molecule has 0 aliphatic heterocycles. The van der Waals surface area contributed by atoms with Crippen LogP contribution in [0, 0.1) is 10.1 Å². The van der Waals surface area contributed by atoms with Gasteiger partial charge in [0.2, 0.25) is 10.0 Å². The van der Waals surface area contributed by atoms with Gasteiger partial charge in [0, 0.05) is 19.2 Å². The number of sulfonamides is 1. The lowest BCUT2D eigenvalue weighted by atomic mass is 10.3. The van der Waals surface area contributed by atoms with Crippen molar-refractivity contribution in [3.63, 3.8) is 0 Å². The van der Waals surface area contributed by atoms with Crippen LogP contribution in [0.15, 0.2) is 23.1 Å². The summed E-state index contributed by atoms with van der Waals surface area (Å²) in [5, 5.41) is 10.5. The number of benzene rings is 1. The molecule has 10 heteroatoms. The molecular weight excluding hydrogens is 305 g/mol. The molecule has 0 fully saturated rings. The number of nitrogens with zero attached hydrogens (tertiary/aromatic N) is 1. The van der Waals surface area contributed by atoms with E-state index in [9.17, 15) is 18.5 Å². The van der Waals surface area contributed by atoms with Gasteiger partial charge in [-0.3, -0.25) is 10.1 Å². The monoisotopic (exact) mass is 315 g/mol. The van der Waals surface area contributed by atoms with Crippen molar-refractivity contribution in [2.75, 3.05) is 13.1 Å². The summed E-state index contributed by atoms with van der Waals surface area (Å²) in [6.07, 6.45) is 0. The maximum atomic E-state index is 11.8. The molecule has 0 aromatic heterocycles. The van der Waals surface area contributed by atoms with Crippen LogP contribution in [0.1, 0.15) is 0 Å². The Kier molecular flexibility index (Phi) is 6.50. The zero-order chi connectivity index (χ0) is 13.1. The molecule has 0 spiro atoms. The topological polar surface area (TPSA) is 115 Å². The molecule has 0 amide bonds. The average molecular weight is 316 g/mol. The summed E-state index contributed by atoms with van der Waals surface area (Å²) in [5.41, 5.74) is 4.59. The predicted molar refractivity (Wildman–Crippen MR) is 69.6 cm³/mol. The largest absolute Gasteiger partial charge is 0.329 e. The maximum Gasteiger partial charge on any atom is 0.290 e. The van der Waals surface area contributed by atoms with Gasteiger partial charge >= 0.3 is 0 Å². The summed E-state index contributed by atoms with van der Waals surface area (Å²) in [5.74, 6) is 0. The van der Waals surface area contributed by atoms with Crippen molar-refractivity contribution >= 4 is 39.7 Å². The summed E-state index contributed by atoms with van der Waals surface area (Å²) < 4.78 is 25.7. The van der Waals surface area contributed by atoms with E-state index in [2.05, 4.69) is 4.72 Å². The Hall–Kier alpha value is -0.930. The van der Waals surface area contributed by atoms with Crippen LogP contribution in [0.5, 0.6) is 0 Å². The number of rotatable bonds is 5. The van der Waals surface area contributed by atoms with E-state index >= 15 is 0 Å². The Labute approximate surface area is 115 Å². The Bertz CT molecular complexity index is 535. The number of nitro benzene ring substituents is 1. The molecular formula is C8H11Cl2N3O4S. The van der Waals surface area contributed by atoms with Gasteiger partial charge in [0.1, 0.15) is 0 Å². The molecule has 0 aliphatic rings. The molecule has 0 atom stereocenters. The number of hydrogen-bond acceptors (Lipinski definition) is 5. The van der Waals surface area contributed by atoms with E-state index in [4.69, 9.17) is 17.3 Å². The molecule has 1 aromatic carbocycles. The fourth-order valence-electron chi connectivity index (χ4n) is 1.17. The van der Waals surface area contributed by atoms with Crippen molar-refractivity contribution in [2.24, 2.45) is 5.73 Å². The molecule has 0 saturated carbocycles. The summed E-state index contributed by atoms with van der Waals surface area (Å²) >= 11 is 5.68. The van der Waals surface area contributed by atoms with E-state index in [1.807, 2.05) is 0 Å². The molecule has 3 N–H and O–H groups in total. The third-order valence-electron chi connectivity index (χ3n) is 1.85. The van der Waals surface area contributed by atoms with E-state index in [0.717, 1.165) is 6.07 Å². The number of halogens is 2. The first-order chi connectivity index (χ1) is 7.90. The first-order valence-corrected chi connectivity index (χ1v) is 6.39. The molecule has 0 aliphatic carbocycles. The summed E-state index contributed by atoms with van der Waals surface area (Å²) in [6, 6.07) is 3.65. The van der Waals surface area contributed by atoms with Gasteiger partial charge in [0.15, 0.2) is 4.90 Å². The molecule has 102 valence electrons. The van der Waals surface area contributed by atoms with Crippen LogP contribution in [0.4, 0.5) is 5.69 Å². The Morgan fingerprint density at radius 2 is 2.06 bits per heavy atom. The van der Waals surface area contributed by atoms with Gasteiger partial charge in [0.05, 0.1) is 9.95 Å². The minimum atomic E-state index is -4.03. The first kappa shape index (κ1) is 17.1. The van der Waals surface area contributed by atoms with Crippen molar-refractivity contribution < 1.29 is 13.3 Å². The van der Waals surface area contributed by atoms with Gasteiger partial charge in [-0.2, -0.15) is 0 Å². The molecule has 0 bridgehead atoms. The smallest absolute Gasteiger partial charge is 0.290 e. The quantitative estimate of drug-likeness (QED) is 0.619. The third-order valence-corrected chi connectivity index (χ3v) is 3.83. The van der Waals surface area contributed by atoms with Crippen molar-refractivity contribution in [1.29, 1.82) is 0 Å². The number of nitrogens with two attached hydrogens (primary N) is 1. The van der Waals surface area contributed by atoms with Crippen LogP contribution in [0.2, 0.25) is 5.02 Å². The molecule has 0 radical (unpaired) electrons. The average Bonchev–Trinajstić information content (AvgIpc) is 2.25. The summed E-state index contributed by atoms with van der Waals surface area (Å²) in [6.45, 7) is 0.0577. The highest BCUT2D eigenvalue weighted by atomic mass is 35.5. The van der Waals surface area contributed by atoms with Gasteiger partial charge in [-0.15, -0.1) is 12.4 Å². The van der Waals surface area contributed by atoms with Gasteiger partial charge in [-0.25, -0.2) is 13.1 Å². The van der Waals surface area contributed by atoms with Crippen molar-refractivity contribution in [2.45, 2.75) is 4.90 Å². The van der Waals surface area contributed by atoms with Crippen molar-refractivity contribution in [3.05, 3.63) is 33.3 Å². The molecule has 7 nitrogen and oxygen atoms in total. The highest BCUT2D eigenvalue weighted by Crippen LogP contribution is 2.30. The SMILES string of the molecule is Cl.NCCNS(=O)(=O)c1c(Cl)cccc1[N+](=O)[O-]. The van der Waals surface area contributed by atoms with E-state index in [1.165, 1.54) is 12.1 Å². The fraction of sp³-hybridized carbons (Fsp3) is 0.250. The minimum absolute atomic E-state index is 0. The Morgan fingerprint density at radius 1 is 1.44 bits per heavy atom. The second-order valence-electron chi connectivity index (χ2n) is 3.03. The lowest BCUT2D eigenvalue weighted by Gasteiger charge is -2.07. The number of nitro groups is 1. The molecule has 0 saturated heterocycles. The predicted octanol–water partition coefficient (Wildman–Crippen LogP) is 0.907. The molecule has 0 unspecified atom stereocenters. The van der Waals surface area contributed by atoms with E-state index in [0.29, 0.717) is 0 Å². The number of hydrogen-bond donors (Lipinski definition) is 2. The third kappa shape index (κ3) is 3.79. The van der Waals surface area contributed by atoms with E-state index < -0.39 is 25.5 Å². The van der Waals surface area contributed by atoms with Gasteiger partial charge in [0.25, 0.3) is 5.69 Å². The van der Waals surface area contributed by atoms with E-state index in [1.54, 1.807) is 0 Å². The Morgan fingerprint density at radius 3 is 2.56 bits per heavy atom. The van der Waals surface area contributed by atoms with Crippen LogP contribution in [0.25, 0.3) is 0 Å². The number of nitrogens with one attached hydrogen (secondary N) is 1. The standard InChI is InChI=1S/C8H10ClN3O4S.ClH/c9-6-2-1-3-7(12(13)14)8(6)17(15,16)11-5-4-10;/h1-3,11H,4-5,10H2;1H. The van der Waals surface area contributed by atoms with Crippen molar-refractivity contribution in [3.8, 4) is 0 Å². The van der Waals surface area contributed by atoms with Crippen LogP contribution in [-0.4, -0.2) is 26.4 Å². The summed E-state index contributed by atoms with van der Waals surface area (Å²) in [4.78, 5) is 9.38. The first-order valence-electron chi connectivity index (χ1n) is 4.53. The Balaban J connectivity index is 0.00000289. The molecule has 1 rings (SSSR count). The van der Waals surface area contributed by atoms with Crippen molar-refractivity contribution in [1.82, 2.24) is 4.72 Å². The lowest BCUT2D eigenvalue weighted by molar-refractivity contribution is -0.387. The molecule has 0 heterocycles. The van der Waals surface area contributed by atoms with E-state index in [-0.39, 0.29) is 30.5 Å². The lowest BCUT2D eigenvalue weighted by Crippen LogP contribution is -2.29. The molecule has 1 aromatic rings. The second-order valence-corrected chi connectivity index (χ2v) is 5.14. The van der Waals surface area contributed by atoms with Gasteiger partial charge < -0.3 is 5.73 Å². The van der Waals surface area contributed by atoms with Gasteiger partial charge in [-0.05, 0) is 6.07 Å². The highest BCUT2D eigenvalue weighted by molar-refractivity contribution is 7.89. The normalized spacial score (nSPS) is 10.8. The fourth-order valence-corrected chi connectivity index (χ4v) is 2.92. The highest BCUT2D eigenvalue weighted by Gasteiger charge is 2.28. The minimum Gasteiger partial charge on any atom is -0.329 e. The zero-order valence-electron chi connectivity index (χ0n) is 9.00. The van der Waals surface area contributed by atoms with Gasteiger partial charge in [-0.1, -0.05) is 17.7 Å². The van der Waals surface area contributed by atoms with Crippen LogP contribution in [-0.2, 0) is 10.0 Å². The molecule has 18 heavy (non-hydrogen) atoms. The zero-order valence-corrected chi connectivity index (χ0v) is 11.4.